The third-order valence-corrected chi connectivity index (χ3v) is 3.25. The Hall–Kier alpha value is -1.95. The molecule has 17 heavy (non-hydrogen) atoms. The maximum absolute atomic E-state index is 5.67. The predicted molar refractivity (Wildman–Crippen MR) is 68.0 cm³/mol. The molecule has 0 aliphatic heterocycles. The summed E-state index contributed by atoms with van der Waals surface area (Å²) in [4.78, 5) is 13.1. The molecule has 0 fully saturated rings. The summed E-state index contributed by atoms with van der Waals surface area (Å²) in [5, 5.41) is 2.50. The number of aromatic nitrogens is 4. The van der Waals surface area contributed by atoms with Crippen molar-refractivity contribution in [2.75, 3.05) is 5.73 Å². The minimum atomic E-state index is 0.564. The van der Waals surface area contributed by atoms with Gasteiger partial charge in [-0.05, 0) is 19.9 Å². The first-order chi connectivity index (χ1) is 8.15. The van der Waals surface area contributed by atoms with Crippen LogP contribution in [0.1, 0.15) is 11.4 Å². The molecule has 0 aromatic carbocycles. The average molecular weight is 245 g/mol. The zero-order valence-electron chi connectivity index (χ0n) is 9.51. The molecule has 0 aliphatic carbocycles. The van der Waals surface area contributed by atoms with Crippen LogP contribution >= 0.6 is 11.3 Å². The van der Waals surface area contributed by atoms with Crippen LogP contribution in [0.4, 0.5) is 5.13 Å². The fourth-order valence-corrected chi connectivity index (χ4v) is 2.38. The molecule has 5 nitrogen and oxygen atoms in total. The molecule has 2 N–H and O–H groups in total. The fraction of sp³-hybridized carbons (Fsp3) is 0.182. The molecule has 0 saturated heterocycles. The van der Waals surface area contributed by atoms with Crippen molar-refractivity contribution >= 4 is 22.2 Å². The number of nitrogens with zero attached hydrogens (tertiary/aromatic N) is 4. The van der Waals surface area contributed by atoms with Crippen molar-refractivity contribution in [3.63, 3.8) is 0 Å². The van der Waals surface area contributed by atoms with E-state index in [9.17, 15) is 0 Å². The van der Waals surface area contributed by atoms with E-state index >= 15 is 0 Å². The second-order valence-corrected chi connectivity index (χ2v) is 4.75. The van der Waals surface area contributed by atoms with E-state index in [0.29, 0.717) is 10.9 Å². The predicted octanol–water partition coefficient (Wildman–Crippen LogP) is 2.05. The van der Waals surface area contributed by atoms with Gasteiger partial charge in [-0.3, -0.25) is 4.40 Å². The number of nitrogens with two attached hydrogens (primary N) is 1. The van der Waals surface area contributed by atoms with Crippen molar-refractivity contribution < 1.29 is 0 Å². The minimum Gasteiger partial charge on any atom is -0.375 e. The Morgan fingerprint density at radius 3 is 2.76 bits per heavy atom. The van der Waals surface area contributed by atoms with Crippen LogP contribution < -0.4 is 5.73 Å². The molecular weight excluding hydrogens is 234 g/mol. The molecule has 0 amide bonds. The minimum absolute atomic E-state index is 0.564. The van der Waals surface area contributed by atoms with Crippen LogP contribution in [-0.2, 0) is 0 Å². The van der Waals surface area contributed by atoms with E-state index in [1.807, 2.05) is 35.9 Å². The monoisotopic (exact) mass is 245 g/mol. The van der Waals surface area contributed by atoms with Crippen molar-refractivity contribution in [1.82, 2.24) is 19.4 Å². The molecule has 3 aromatic rings. The number of nitrogen functional groups attached to an aromatic ring is 1. The maximum atomic E-state index is 5.67. The van der Waals surface area contributed by atoms with Crippen molar-refractivity contribution in [2.45, 2.75) is 13.8 Å². The summed E-state index contributed by atoms with van der Waals surface area (Å²) in [6.07, 6.45) is 1.96. The summed E-state index contributed by atoms with van der Waals surface area (Å²) in [7, 11) is 0. The summed E-state index contributed by atoms with van der Waals surface area (Å²) < 4.78 is 1.94. The van der Waals surface area contributed by atoms with Crippen LogP contribution in [0.15, 0.2) is 17.6 Å². The van der Waals surface area contributed by atoms with Gasteiger partial charge >= 0.3 is 0 Å². The van der Waals surface area contributed by atoms with Gasteiger partial charge in [0, 0.05) is 17.3 Å². The number of imidazole rings is 1. The van der Waals surface area contributed by atoms with Gasteiger partial charge in [0.25, 0.3) is 0 Å². The summed E-state index contributed by atoms with van der Waals surface area (Å²) in [5.74, 6) is 0.698. The lowest BCUT2D eigenvalue weighted by Crippen LogP contribution is -1.93. The molecule has 0 spiro atoms. The van der Waals surface area contributed by atoms with E-state index in [4.69, 9.17) is 5.73 Å². The summed E-state index contributed by atoms with van der Waals surface area (Å²) in [6, 6.07) is 1.95. The van der Waals surface area contributed by atoms with Gasteiger partial charge in [-0.1, -0.05) is 0 Å². The van der Waals surface area contributed by atoms with Crippen LogP contribution in [0.3, 0.4) is 0 Å². The first-order valence-corrected chi connectivity index (χ1v) is 6.07. The standard InChI is InChI=1S/C11H11N5S/c1-6-3-4-16-9(7(2)14-11(16)13-6)8-5-17-10(12)15-8/h3-5H,1-2H3,(H2,12,15). The van der Waals surface area contributed by atoms with Gasteiger partial charge in [-0.25, -0.2) is 15.0 Å². The average Bonchev–Trinajstić information content (AvgIpc) is 2.80. The molecular formula is C11H11N5S. The van der Waals surface area contributed by atoms with E-state index in [1.54, 1.807) is 0 Å². The van der Waals surface area contributed by atoms with Gasteiger partial charge in [-0.2, -0.15) is 0 Å². The first-order valence-electron chi connectivity index (χ1n) is 5.19. The number of hydrogen-bond donors (Lipinski definition) is 1. The lowest BCUT2D eigenvalue weighted by atomic mass is 10.3. The van der Waals surface area contributed by atoms with E-state index in [1.165, 1.54) is 11.3 Å². The third-order valence-electron chi connectivity index (χ3n) is 2.57. The highest BCUT2D eigenvalue weighted by Crippen LogP contribution is 2.26. The van der Waals surface area contributed by atoms with Crippen molar-refractivity contribution in [1.29, 1.82) is 0 Å². The van der Waals surface area contributed by atoms with Gasteiger partial charge in [0.05, 0.1) is 11.4 Å². The summed E-state index contributed by atoms with van der Waals surface area (Å²) in [5.41, 5.74) is 9.34. The van der Waals surface area contributed by atoms with Crippen LogP contribution in [-0.4, -0.2) is 19.4 Å². The molecule has 86 valence electrons. The highest BCUT2D eigenvalue weighted by Gasteiger charge is 2.14. The van der Waals surface area contributed by atoms with Crippen molar-refractivity contribution in [3.05, 3.63) is 29.0 Å². The van der Waals surface area contributed by atoms with Gasteiger partial charge in [0.2, 0.25) is 5.78 Å². The molecule has 0 aliphatic rings. The van der Waals surface area contributed by atoms with Crippen LogP contribution in [0, 0.1) is 13.8 Å². The Labute approximate surface area is 102 Å². The Morgan fingerprint density at radius 2 is 2.06 bits per heavy atom. The molecule has 6 heteroatoms. The molecule has 0 radical (unpaired) electrons. The lowest BCUT2D eigenvalue weighted by molar-refractivity contribution is 1.07. The highest BCUT2D eigenvalue weighted by atomic mass is 32.1. The molecule has 3 aromatic heterocycles. The smallest absolute Gasteiger partial charge is 0.234 e. The van der Waals surface area contributed by atoms with Crippen LogP contribution in [0.5, 0.6) is 0 Å². The number of rotatable bonds is 1. The Balaban J connectivity index is 2.32. The molecule has 3 heterocycles. The SMILES string of the molecule is Cc1ccn2c(-c3csc(N)n3)c(C)nc2n1. The topological polar surface area (TPSA) is 69.1 Å². The van der Waals surface area contributed by atoms with Crippen molar-refractivity contribution in [2.24, 2.45) is 0 Å². The third kappa shape index (κ3) is 1.57. The summed E-state index contributed by atoms with van der Waals surface area (Å²) in [6.45, 7) is 3.90. The zero-order chi connectivity index (χ0) is 12.0. The normalized spacial score (nSPS) is 11.2. The second kappa shape index (κ2) is 3.53. The fourth-order valence-electron chi connectivity index (χ4n) is 1.83. The lowest BCUT2D eigenvalue weighted by Gasteiger charge is -1.99. The van der Waals surface area contributed by atoms with Gasteiger partial charge in [0.15, 0.2) is 5.13 Å². The zero-order valence-corrected chi connectivity index (χ0v) is 10.3. The van der Waals surface area contributed by atoms with E-state index in [0.717, 1.165) is 22.8 Å². The molecule has 0 unspecified atom stereocenters. The van der Waals surface area contributed by atoms with E-state index in [-0.39, 0.29) is 0 Å². The quantitative estimate of drug-likeness (QED) is 0.712. The highest BCUT2D eigenvalue weighted by molar-refractivity contribution is 7.13. The molecule has 0 atom stereocenters. The maximum Gasteiger partial charge on any atom is 0.234 e. The Bertz CT molecular complexity index is 697. The number of fused-ring (bicyclic) bond motifs is 1. The Kier molecular flexibility index (Phi) is 2.12. The second-order valence-electron chi connectivity index (χ2n) is 3.86. The van der Waals surface area contributed by atoms with Crippen LogP contribution in [0.2, 0.25) is 0 Å². The Morgan fingerprint density at radius 1 is 1.24 bits per heavy atom. The van der Waals surface area contributed by atoms with Gasteiger partial charge in [-0.15, -0.1) is 11.3 Å². The van der Waals surface area contributed by atoms with E-state index < -0.39 is 0 Å². The first kappa shape index (κ1) is 10.2. The molecule has 0 saturated carbocycles. The largest absolute Gasteiger partial charge is 0.375 e. The summed E-state index contributed by atoms with van der Waals surface area (Å²) >= 11 is 1.43. The van der Waals surface area contributed by atoms with E-state index in [2.05, 4.69) is 15.0 Å². The number of hydrogen-bond acceptors (Lipinski definition) is 5. The van der Waals surface area contributed by atoms with Crippen molar-refractivity contribution in [3.8, 4) is 11.4 Å². The van der Waals surface area contributed by atoms with Crippen LogP contribution in [0.25, 0.3) is 17.2 Å². The van der Waals surface area contributed by atoms with Gasteiger partial charge in [0.1, 0.15) is 5.69 Å². The molecule has 3 rings (SSSR count). The molecule has 0 bridgehead atoms. The number of anilines is 1. The number of thiazole rings is 1. The number of aryl methyl sites for hydroxylation is 2. The van der Waals surface area contributed by atoms with Gasteiger partial charge < -0.3 is 5.73 Å².